The third-order valence-electron chi connectivity index (χ3n) is 9.89. The minimum atomic E-state index is -4.61. The first-order valence-corrected chi connectivity index (χ1v) is 17.4. The molecule has 0 radical (unpaired) electrons. The molecule has 0 fully saturated rings. The summed E-state index contributed by atoms with van der Waals surface area (Å²) in [7, 11) is 0. The highest BCUT2D eigenvalue weighted by Crippen LogP contribution is 2.44. The van der Waals surface area contributed by atoms with Crippen LogP contribution in [0.2, 0.25) is 0 Å². The molecule has 5 nitrogen and oxygen atoms in total. The van der Waals surface area contributed by atoms with Gasteiger partial charge in [0.2, 0.25) is 0 Å². The Balaban J connectivity index is 1.28. The van der Waals surface area contributed by atoms with Crippen LogP contribution in [0.4, 0.5) is 13.2 Å². The number of hydrogen-bond acceptors (Lipinski definition) is 4. The summed E-state index contributed by atoms with van der Waals surface area (Å²) in [6.07, 6.45) is -4.61. The molecule has 0 atom stereocenters. The van der Waals surface area contributed by atoms with Crippen molar-refractivity contribution < 1.29 is 17.6 Å². The van der Waals surface area contributed by atoms with Gasteiger partial charge in [-0.3, -0.25) is 0 Å². The monoisotopic (exact) mass is 708 g/mol. The van der Waals surface area contributed by atoms with Gasteiger partial charge in [-0.2, -0.15) is 13.2 Å². The maximum atomic E-state index is 14.9. The molecular weight excluding hydrogens is 682 g/mol. The zero-order valence-electron chi connectivity index (χ0n) is 28.4. The predicted molar refractivity (Wildman–Crippen MR) is 208 cm³/mol. The first-order valence-electron chi connectivity index (χ1n) is 17.4. The fraction of sp³-hybridized carbons (Fsp3) is 0.0217. The highest BCUT2D eigenvalue weighted by molar-refractivity contribution is 6.17. The molecule has 0 N–H and O–H groups in total. The fourth-order valence-corrected chi connectivity index (χ4v) is 7.44. The molecule has 0 unspecified atom stereocenters. The summed E-state index contributed by atoms with van der Waals surface area (Å²) in [4.78, 5) is 14.6. The van der Waals surface area contributed by atoms with Gasteiger partial charge in [-0.15, -0.1) is 0 Å². The molecule has 0 saturated heterocycles. The molecule has 0 saturated carbocycles. The van der Waals surface area contributed by atoms with Crippen molar-refractivity contribution in [3.05, 3.63) is 169 Å². The van der Waals surface area contributed by atoms with Crippen molar-refractivity contribution >= 4 is 43.7 Å². The second-order valence-corrected chi connectivity index (χ2v) is 13.1. The zero-order valence-corrected chi connectivity index (χ0v) is 28.4. The summed E-state index contributed by atoms with van der Waals surface area (Å²) in [6, 6.07) is 50.3. The van der Waals surface area contributed by atoms with Gasteiger partial charge in [-0.05, 0) is 54.1 Å². The van der Waals surface area contributed by atoms with Crippen LogP contribution in [0.5, 0.6) is 0 Å². The Labute approximate surface area is 306 Å². The molecule has 258 valence electrons. The van der Waals surface area contributed by atoms with E-state index in [1.165, 1.54) is 12.1 Å². The molecule has 3 aromatic heterocycles. The maximum absolute atomic E-state index is 14.9. The van der Waals surface area contributed by atoms with Crippen LogP contribution in [0.1, 0.15) is 5.56 Å². The van der Waals surface area contributed by atoms with Crippen molar-refractivity contribution in [1.29, 1.82) is 0 Å². The second-order valence-electron chi connectivity index (χ2n) is 13.1. The maximum Gasteiger partial charge on any atom is 0.417 e. The molecule has 0 amide bonds. The lowest BCUT2D eigenvalue weighted by Gasteiger charge is -2.19. The number of benzene rings is 7. The summed E-state index contributed by atoms with van der Waals surface area (Å²) in [5.41, 5.74) is 5.59. The second kappa shape index (κ2) is 12.3. The lowest BCUT2D eigenvalue weighted by molar-refractivity contribution is -0.137. The van der Waals surface area contributed by atoms with Crippen molar-refractivity contribution in [2.75, 3.05) is 0 Å². The Morgan fingerprint density at radius 1 is 0.426 bits per heavy atom. The van der Waals surface area contributed by atoms with Crippen LogP contribution < -0.4 is 0 Å². The topological polar surface area (TPSA) is 56.7 Å². The van der Waals surface area contributed by atoms with E-state index in [2.05, 4.69) is 10.6 Å². The normalized spacial score (nSPS) is 12.0. The van der Waals surface area contributed by atoms with Gasteiger partial charge >= 0.3 is 6.18 Å². The first-order chi connectivity index (χ1) is 26.4. The highest BCUT2D eigenvalue weighted by atomic mass is 19.4. The molecule has 7 aromatic carbocycles. The van der Waals surface area contributed by atoms with E-state index in [0.29, 0.717) is 34.3 Å². The van der Waals surface area contributed by atoms with Crippen molar-refractivity contribution in [3.8, 4) is 51.0 Å². The van der Waals surface area contributed by atoms with Gasteiger partial charge in [0.15, 0.2) is 17.5 Å². The molecule has 10 rings (SSSR count). The number of rotatable bonds is 5. The Morgan fingerprint density at radius 2 is 1.02 bits per heavy atom. The number of nitrogens with zero attached hydrogens (tertiary/aromatic N) is 4. The Morgan fingerprint density at radius 3 is 1.72 bits per heavy atom. The van der Waals surface area contributed by atoms with Crippen LogP contribution in [0.3, 0.4) is 0 Å². The molecule has 8 heteroatoms. The fourth-order valence-electron chi connectivity index (χ4n) is 7.44. The molecule has 3 heterocycles. The number of alkyl halides is 3. The Bertz CT molecular complexity index is 2980. The Hall–Kier alpha value is -7.06. The molecule has 0 aliphatic carbocycles. The average molecular weight is 709 g/mol. The van der Waals surface area contributed by atoms with Crippen molar-refractivity contribution in [3.63, 3.8) is 0 Å². The van der Waals surface area contributed by atoms with Gasteiger partial charge in [0.05, 0.1) is 22.3 Å². The number of furan rings is 1. The van der Waals surface area contributed by atoms with E-state index in [1.54, 1.807) is 12.1 Å². The van der Waals surface area contributed by atoms with Gasteiger partial charge < -0.3 is 8.98 Å². The molecule has 10 aromatic rings. The van der Waals surface area contributed by atoms with Crippen molar-refractivity contribution in [2.45, 2.75) is 6.18 Å². The smallest absolute Gasteiger partial charge is 0.417 e. The average Bonchev–Trinajstić information content (AvgIpc) is 3.74. The quantitative estimate of drug-likeness (QED) is 0.179. The van der Waals surface area contributed by atoms with Gasteiger partial charge in [0.1, 0.15) is 11.2 Å². The summed E-state index contributed by atoms with van der Waals surface area (Å²) >= 11 is 0. The number of fused-ring (bicyclic) bond motifs is 6. The summed E-state index contributed by atoms with van der Waals surface area (Å²) < 4.78 is 52.9. The number of para-hydroxylation sites is 2. The minimum Gasteiger partial charge on any atom is -0.456 e. The van der Waals surface area contributed by atoms with E-state index in [1.807, 2.05) is 127 Å². The van der Waals surface area contributed by atoms with Crippen LogP contribution >= 0.6 is 0 Å². The third kappa shape index (κ3) is 5.22. The summed E-state index contributed by atoms with van der Waals surface area (Å²) in [6.45, 7) is 0. The minimum absolute atomic E-state index is 0.0447. The van der Waals surface area contributed by atoms with E-state index in [4.69, 9.17) is 19.4 Å². The molecule has 0 aliphatic rings. The number of halogens is 3. The first kappa shape index (κ1) is 31.7. The molecule has 0 spiro atoms. The van der Waals surface area contributed by atoms with Crippen LogP contribution in [-0.2, 0) is 6.18 Å². The molecule has 0 aliphatic heterocycles. The standard InChI is InChI=1S/C46H27F3N4O/c47-46(48,49)37-20-10-7-17-31(37)34-25-30(45-51-43(28-13-3-1-4-14-28)50-44(52-45)29-15-5-2-6-16-29)23-24-39(34)53-38-21-11-8-18-32(38)35-27-42-36(26-40(35)53)33-19-9-12-22-41(33)54-42/h1-27H. The van der Waals surface area contributed by atoms with E-state index < -0.39 is 11.7 Å². The Kier molecular flexibility index (Phi) is 7.20. The zero-order chi connectivity index (χ0) is 36.4. The van der Waals surface area contributed by atoms with Gasteiger partial charge in [0, 0.05) is 43.8 Å². The third-order valence-corrected chi connectivity index (χ3v) is 9.89. The van der Waals surface area contributed by atoms with E-state index in [9.17, 15) is 13.2 Å². The van der Waals surface area contributed by atoms with Gasteiger partial charge in [-0.25, -0.2) is 15.0 Å². The number of aromatic nitrogens is 4. The molecule has 0 bridgehead atoms. The summed E-state index contributed by atoms with van der Waals surface area (Å²) in [5, 5.41) is 3.76. The van der Waals surface area contributed by atoms with Crippen LogP contribution in [0.25, 0.3) is 94.7 Å². The van der Waals surface area contributed by atoms with Gasteiger partial charge in [-0.1, -0.05) is 115 Å². The van der Waals surface area contributed by atoms with Crippen LogP contribution in [0, 0.1) is 0 Å². The van der Waals surface area contributed by atoms with Gasteiger partial charge in [0.25, 0.3) is 0 Å². The van der Waals surface area contributed by atoms with E-state index in [0.717, 1.165) is 60.9 Å². The lowest BCUT2D eigenvalue weighted by Crippen LogP contribution is -2.08. The molecular formula is C46H27F3N4O. The highest BCUT2D eigenvalue weighted by Gasteiger charge is 2.34. The van der Waals surface area contributed by atoms with E-state index in [-0.39, 0.29) is 5.56 Å². The predicted octanol–water partition coefficient (Wildman–Crippen LogP) is 12.6. The van der Waals surface area contributed by atoms with Crippen LogP contribution in [-0.4, -0.2) is 19.5 Å². The lowest BCUT2D eigenvalue weighted by atomic mass is 9.95. The van der Waals surface area contributed by atoms with Crippen molar-refractivity contribution in [2.24, 2.45) is 0 Å². The largest absolute Gasteiger partial charge is 0.456 e. The summed E-state index contributed by atoms with van der Waals surface area (Å²) in [5.74, 6) is 1.26. The number of hydrogen-bond donors (Lipinski definition) is 0. The van der Waals surface area contributed by atoms with E-state index >= 15 is 0 Å². The van der Waals surface area contributed by atoms with Crippen LogP contribution in [0.15, 0.2) is 168 Å². The molecule has 54 heavy (non-hydrogen) atoms. The SMILES string of the molecule is FC(F)(F)c1ccccc1-c1cc(-c2nc(-c3ccccc3)nc(-c3ccccc3)n2)ccc1-n1c2ccccc2c2cc3oc4ccccc4c3cc21. The van der Waals surface area contributed by atoms with Crippen molar-refractivity contribution in [1.82, 2.24) is 19.5 Å².